The van der Waals surface area contributed by atoms with Crippen molar-refractivity contribution in [3.63, 3.8) is 0 Å². The second-order valence-corrected chi connectivity index (χ2v) is 8.32. The van der Waals surface area contributed by atoms with Gasteiger partial charge in [-0.05, 0) is 18.2 Å². The number of alkyl halides is 3. The van der Waals surface area contributed by atoms with Crippen molar-refractivity contribution in [3.8, 4) is 11.3 Å². The third-order valence-corrected chi connectivity index (χ3v) is 5.84. The highest BCUT2D eigenvalue weighted by molar-refractivity contribution is 7.89. The Balaban J connectivity index is 1.59. The molecule has 0 unspecified atom stereocenters. The van der Waals surface area contributed by atoms with Crippen molar-refractivity contribution in [1.82, 2.24) is 9.88 Å². The van der Waals surface area contributed by atoms with Gasteiger partial charge >= 0.3 is 12.1 Å². The summed E-state index contributed by atoms with van der Waals surface area (Å²) >= 11 is 5.72. The maximum Gasteiger partial charge on any atom is 0.416 e. The van der Waals surface area contributed by atoms with E-state index in [1.165, 1.54) is 0 Å². The lowest BCUT2D eigenvalue weighted by Crippen LogP contribution is -2.31. The fourth-order valence-electron chi connectivity index (χ4n) is 2.45. The molecule has 0 aliphatic rings. The number of sulfonamides is 1. The minimum absolute atomic E-state index is 0.219. The lowest BCUT2D eigenvalue weighted by Gasteiger charge is -2.11. The van der Waals surface area contributed by atoms with E-state index in [2.05, 4.69) is 5.16 Å². The van der Waals surface area contributed by atoms with Crippen molar-refractivity contribution < 1.29 is 35.6 Å². The van der Waals surface area contributed by atoms with E-state index < -0.39 is 44.2 Å². The molecule has 1 aromatic heterocycles. The predicted octanol–water partition coefficient (Wildman–Crippen LogP) is 4.04. The molecule has 3 rings (SSSR count). The molecule has 7 nitrogen and oxygen atoms in total. The normalized spacial score (nSPS) is 12.0. The van der Waals surface area contributed by atoms with Crippen LogP contribution in [0.2, 0.25) is 5.02 Å². The molecule has 0 amide bonds. The van der Waals surface area contributed by atoms with Crippen LogP contribution in [-0.4, -0.2) is 26.1 Å². The molecule has 0 atom stereocenters. The Bertz CT molecular complexity index is 1180. The maximum atomic E-state index is 12.8. The van der Waals surface area contributed by atoms with Crippen molar-refractivity contribution in [2.75, 3.05) is 6.54 Å². The van der Waals surface area contributed by atoms with Crippen molar-refractivity contribution in [3.05, 3.63) is 70.9 Å². The van der Waals surface area contributed by atoms with Gasteiger partial charge in [0.25, 0.3) is 0 Å². The number of ether oxygens (including phenoxy) is 1. The number of rotatable bonds is 7. The quantitative estimate of drug-likeness (QED) is 0.519. The summed E-state index contributed by atoms with van der Waals surface area (Å²) < 4.78 is 74.8. The first-order chi connectivity index (χ1) is 14.6. The average Bonchev–Trinajstić information content (AvgIpc) is 3.20. The van der Waals surface area contributed by atoms with Gasteiger partial charge in [-0.2, -0.15) is 17.9 Å². The van der Waals surface area contributed by atoms with E-state index in [1.54, 1.807) is 18.2 Å². The molecule has 0 saturated heterocycles. The smallest absolute Gasteiger partial charge is 0.416 e. The van der Waals surface area contributed by atoms with E-state index in [1.807, 2.05) is 22.9 Å². The Morgan fingerprint density at radius 2 is 1.84 bits per heavy atom. The zero-order chi connectivity index (χ0) is 22.6. The van der Waals surface area contributed by atoms with Gasteiger partial charge in [0, 0.05) is 11.6 Å². The molecule has 3 aromatic rings. The van der Waals surface area contributed by atoms with Gasteiger partial charge in [0.2, 0.25) is 10.0 Å². The Hall–Kier alpha value is -2.89. The van der Waals surface area contributed by atoms with Crippen LogP contribution >= 0.6 is 11.6 Å². The molecular weight excluding hydrogens is 461 g/mol. The molecule has 2 aromatic carbocycles. The first kappa shape index (κ1) is 22.8. The maximum absolute atomic E-state index is 12.8. The molecule has 0 spiro atoms. The van der Waals surface area contributed by atoms with Crippen LogP contribution in [0.4, 0.5) is 13.2 Å². The molecule has 0 bridgehead atoms. The Kier molecular flexibility index (Phi) is 6.68. The van der Waals surface area contributed by atoms with Crippen LogP contribution in [0.1, 0.15) is 11.3 Å². The van der Waals surface area contributed by atoms with Gasteiger partial charge in [0.15, 0.2) is 12.4 Å². The number of esters is 1. The number of hydrogen-bond donors (Lipinski definition) is 1. The van der Waals surface area contributed by atoms with Crippen LogP contribution in [0, 0.1) is 0 Å². The standard InChI is InChI=1S/C19H14ClF3N2O5S/c20-15-7-6-13(19(21,22)23)8-17(15)31(27,28)24-10-18(26)29-11-14-9-16(25-30-14)12-4-2-1-3-5-12/h1-9,24H,10-11H2. The molecule has 0 saturated carbocycles. The van der Waals surface area contributed by atoms with Crippen molar-refractivity contribution in [2.45, 2.75) is 17.7 Å². The Labute approximate surface area is 179 Å². The van der Waals surface area contributed by atoms with Gasteiger partial charge in [-0.1, -0.05) is 47.1 Å². The predicted molar refractivity (Wildman–Crippen MR) is 103 cm³/mol. The number of halogens is 4. The number of nitrogens with zero attached hydrogens (tertiary/aromatic N) is 1. The molecular formula is C19H14ClF3N2O5S. The van der Waals surface area contributed by atoms with Crippen LogP contribution < -0.4 is 4.72 Å². The molecule has 0 fully saturated rings. The van der Waals surface area contributed by atoms with Crippen molar-refractivity contribution in [1.29, 1.82) is 0 Å². The Morgan fingerprint density at radius 3 is 2.52 bits per heavy atom. The Morgan fingerprint density at radius 1 is 1.13 bits per heavy atom. The summed E-state index contributed by atoms with van der Waals surface area (Å²) in [5.41, 5.74) is 0.112. The topological polar surface area (TPSA) is 98.5 Å². The number of benzene rings is 2. The van der Waals surface area contributed by atoms with E-state index in [0.29, 0.717) is 17.8 Å². The summed E-state index contributed by atoms with van der Waals surface area (Å²) in [7, 11) is -4.50. The minimum Gasteiger partial charge on any atom is -0.456 e. The molecule has 0 radical (unpaired) electrons. The first-order valence-electron chi connectivity index (χ1n) is 8.59. The molecule has 164 valence electrons. The second-order valence-electron chi connectivity index (χ2n) is 6.17. The molecule has 31 heavy (non-hydrogen) atoms. The molecule has 0 aliphatic heterocycles. The number of carbonyl (C=O) groups is 1. The molecule has 1 heterocycles. The van der Waals surface area contributed by atoms with Gasteiger partial charge in [0.05, 0.1) is 10.6 Å². The molecule has 1 N–H and O–H groups in total. The summed E-state index contributed by atoms with van der Waals surface area (Å²) in [5, 5.41) is 3.42. The molecule has 12 heteroatoms. The first-order valence-corrected chi connectivity index (χ1v) is 10.5. The van der Waals surface area contributed by atoms with E-state index in [-0.39, 0.29) is 12.4 Å². The van der Waals surface area contributed by atoms with Gasteiger partial charge in [-0.15, -0.1) is 0 Å². The summed E-state index contributed by atoms with van der Waals surface area (Å²) in [6.45, 7) is -1.14. The SMILES string of the molecule is O=C(CNS(=O)(=O)c1cc(C(F)(F)F)ccc1Cl)OCc1cc(-c2ccccc2)no1. The zero-order valence-electron chi connectivity index (χ0n) is 15.5. The van der Waals surface area contributed by atoms with Crippen LogP contribution in [0.5, 0.6) is 0 Å². The van der Waals surface area contributed by atoms with Crippen LogP contribution in [-0.2, 0) is 32.3 Å². The summed E-state index contributed by atoms with van der Waals surface area (Å²) in [6, 6.07) is 12.5. The highest BCUT2D eigenvalue weighted by atomic mass is 35.5. The number of aromatic nitrogens is 1. The van der Waals surface area contributed by atoms with Gasteiger partial charge < -0.3 is 9.26 Å². The third-order valence-electron chi connectivity index (χ3n) is 3.96. The van der Waals surface area contributed by atoms with Crippen LogP contribution in [0.15, 0.2) is 64.0 Å². The number of nitrogens with one attached hydrogen (secondary N) is 1. The average molecular weight is 475 g/mol. The fraction of sp³-hybridized carbons (Fsp3) is 0.158. The highest BCUT2D eigenvalue weighted by Crippen LogP contribution is 2.33. The van der Waals surface area contributed by atoms with Gasteiger partial charge in [-0.25, -0.2) is 8.42 Å². The summed E-state index contributed by atoms with van der Waals surface area (Å²) in [5.74, 6) is -0.764. The van der Waals surface area contributed by atoms with E-state index in [4.69, 9.17) is 20.9 Å². The molecule has 0 aliphatic carbocycles. The number of hydrogen-bond acceptors (Lipinski definition) is 6. The second kappa shape index (κ2) is 9.08. The lowest BCUT2D eigenvalue weighted by atomic mass is 10.1. The largest absolute Gasteiger partial charge is 0.456 e. The van der Waals surface area contributed by atoms with E-state index >= 15 is 0 Å². The van der Waals surface area contributed by atoms with E-state index in [9.17, 15) is 26.4 Å². The number of carbonyl (C=O) groups excluding carboxylic acids is 1. The minimum atomic E-state index is -4.76. The zero-order valence-corrected chi connectivity index (χ0v) is 17.1. The highest BCUT2D eigenvalue weighted by Gasteiger charge is 2.32. The lowest BCUT2D eigenvalue weighted by molar-refractivity contribution is -0.144. The van der Waals surface area contributed by atoms with Crippen molar-refractivity contribution >= 4 is 27.6 Å². The van der Waals surface area contributed by atoms with Crippen LogP contribution in [0.3, 0.4) is 0 Å². The van der Waals surface area contributed by atoms with Crippen molar-refractivity contribution in [2.24, 2.45) is 0 Å². The van der Waals surface area contributed by atoms with Gasteiger partial charge in [0.1, 0.15) is 17.1 Å². The fourth-order valence-corrected chi connectivity index (χ4v) is 3.94. The van der Waals surface area contributed by atoms with Gasteiger partial charge in [-0.3, -0.25) is 4.79 Å². The monoisotopic (exact) mass is 474 g/mol. The van der Waals surface area contributed by atoms with E-state index in [0.717, 1.165) is 11.6 Å². The van der Waals surface area contributed by atoms with Crippen LogP contribution in [0.25, 0.3) is 11.3 Å². The third kappa shape index (κ3) is 5.84. The summed E-state index contributed by atoms with van der Waals surface area (Å²) in [6.07, 6.45) is -4.76. The summed E-state index contributed by atoms with van der Waals surface area (Å²) in [4.78, 5) is 11.1.